The van der Waals surface area contributed by atoms with Crippen LogP contribution in [0.3, 0.4) is 0 Å². The van der Waals surface area contributed by atoms with Gasteiger partial charge in [0.05, 0.1) is 11.6 Å². The van der Waals surface area contributed by atoms with Gasteiger partial charge in [-0.3, -0.25) is 9.59 Å². The van der Waals surface area contributed by atoms with E-state index in [0.717, 1.165) is 17.0 Å². The second-order valence-corrected chi connectivity index (χ2v) is 7.87. The van der Waals surface area contributed by atoms with Crippen molar-refractivity contribution in [1.29, 1.82) is 0 Å². The third kappa shape index (κ3) is 5.64. The quantitative estimate of drug-likeness (QED) is 0.733. The zero-order chi connectivity index (χ0) is 20.6. The third-order valence-electron chi connectivity index (χ3n) is 4.02. The molecule has 9 heteroatoms. The van der Waals surface area contributed by atoms with Gasteiger partial charge in [-0.2, -0.15) is 13.2 Å². The summed E-state index contributed by atoms with van der Waals surface area (Å²) in [5.41, 5.74) is -0.776. The number of rotatable bonds is 4. The molecule has 2 rings (SSSR count). The van der Waals surface area contributed by atoms with Crippen LogP contribution < -0.4 is 4.90 Å². The fourth-order valence-electron chi connectivity index (χ4n) is 3.06. The van der Waals surface area contributed by atoms with Crippen molar-refractivity contribution in [1.82, 2.24) is 4.90 Å². The minimum absolute atomic E-state index is 0.138. The maximum Gasteiger partial charge on any atom is 0.406 e. The highest BCUT2D eigenvalue weighted by molar-refractivity contribution is 6.00. The molecule has 0 aromatic heterocycles. The van der Waals surface area contributed by atoms with E-state index in [1.807, 2.05) is 0 Å². The van der Waals surface area contributed by atoms with E-state index in [9.17, 15) is 31.5 Å². The van der Waals surface area contributed by atoms with Gasteiger partial charge in [-0.25, -0.2) is 8.78 Å². The third-order valence-corrected chi connectivity index (χ3v) is 4.02. The lowest BCUT2D eigenvalue weighted by molar-refractivity contribution is -0.165. The molecule has 1 unspecified atom stereocenters. The van der Waals surface area contributed by atoms with E-state index in [0.29, 0.717) is 11.0 Å². The molecule has 1 heterocycles. The summed E-state index contributed by atoms with van der Waals surface area (Å²) in [6, 6.07) is 2.64. The van der Waals surface area contributed by atoms with Crippen LogP contribution in [-0.2, 0) is 9.59 Å². The molecule has 1 aliphatic rings. The predicted octanol–water partition coefficient (Wildman–Crippen LogP) is 3.75. The number of halogens is 5. The van der Waals surface area contributed by atoms with E-state index in [1.54, 1.807) is 20.8 Å². The number of nitrogens with zero attached hydrogens (tertiary/aromatic N) is 2. The molecule has 0 bridgehead atoms. The Balaban J connectivity index is 2.20. The van der Waals surface area contributed by atoms with E-state index >= 15 is 0 Å². The lowest BCUT2D eigenvalue weighted by Gasteiger charge is -2.32. The van der Waals surface area contributed by atoms with Crippen molar-refractivity contribution in [2.24, 2.45) is 11.3 Å². The van der Waals surface area contributed by atoms with E-state index < -0.39 is 47.5 Å². The maximum absolute atomic E-state index is 13.9. The molecule has 1 aliphatic heterocycles. The van der Waals surface area contributed by atoms with Crippen molar-refractivity contribution in [3.05, 3.63) is 29.8 Å². The van der Waals surface area contributed by atoms with Crippen LogP contribution in [0.15, 0.2) is 18.2 Å². The van der Waals surface area contributed by atoms with Gasteiger partial charge >= 0.3 is 6.18 Å². The second-order valence-electron chi connectivity index (χ2n) is 7.87. The molecule has 4 nitrogen and oxygen atoms in total. The van der Waals surface area contributed by atoms with Crippen molar-refractivity contribution in [2.75, 3.05) is 24.5 Å². The standard InChI is InChI=1S/C18H21F5N2O2/c1-17(2,3)9-24(10-18(21,22)23)16(27)11-6-15(26)25(8-11)14-5-4-12(19)7-13(14)20/h4-5,7,11H,6,8-10H2,1-3H3. The maximum atomic E-state index is 13.9. The fourth-order valence-corrected chi connectivity index (χ4v) is 3.06. The zero-order valence-corrected chi connectivity index (χ0v) is 15.2. The average molecular weight is 392 g/mol. The molecule has 0 N–H and O–H groups in total. The molecule has 0 spiro atoms. The number of benzene rings is 1. The monoisotopic (exact) mass is 392 g/mol. The topological polar surface area (TPSA) is 40.6 Å². The van der Waals surface area contributed by atoms with Crippen molar-refractivity contribution in [3.63, 3.8) is 0 Å². The van der Waals surface area contributed by atoms with Crippen molar-refractivity contribution in [2.45, 2.75) is 33.4 Å². The molecule has 1 atom stereocenters. The van der Waals surface area contributed by atoms with E-state index in [1.165, 1.54) is 0 Å². The highest BCUT2D eigenvalue weighted by Crippen LogP contribution is 2.30. The van der Waals surface area contributed by atoms with Gasteiger partial charge in [0.1, 0.15) is 18.2 Å². The number of amides is 2. The first-order valence-corrected chi connectivity index (χ1v) is 8.38. The molecule has 1 aromatic rings. The summed E-state index contributed by atoms with van der Waals surface area (Å²) < 4.78 is 65.6. The van der Waals surface area contributed by atoms with Gasteiger partial charge < -0.3 is 9.80 Å². The molecule has 1 saturated heterocycles. The number of carbonyl (C=O) groups is 2. The van der Waals surface area contributed by atoms with Gasteiger partial charge in [0, 0.05) is 25.6 Å². The Morgan fingerprint density at radius 1 is 1.19 bits per heavy atom. The number of carbonyl (C=O) groups excluding carboxylic acids is 2. The summed E-state index contributed by atoms with van der Waals surface area (Å²) in [4.78, 5) is 26.5. The zero-order valence-electron chi connectivity index (χ0n) is 15.2. The summed E-state index contributed by atoms with van der Waals surface area (Å²) in [5.74, 6) is -4.22. The van der Waals surface area contributed by atoms with Crippen LogP contribution in [0.1, 0.15) is 27.2 Å². The Kier molecular flexibility index (Phi) is 5.82. The normalized spacial score (nSPS) is 18.1. The van der Waals surface area contributed by atoms with Crippen LogP contribution >= 0.6 is 0 Å². The first kappa shape index (κ1) is 21.1. The average Bonchev–Trinajstić information content (AvgIpc) is 2.84. The predicted molar refractivity (Wildman–Crippen MR) is 88.9 cm³/mol. The lowest BCUT2D eigenvalue weighted by atomic mass is 9.95. The summed E-state index contributed by atoms with van der Waals surface area (Å²) in [6.07, 6.45) is -4.90. The molecule has 2 amide bonds. The van der Waals surface area contributed by atoms with Crippen LogP contribution in [0, 0.1) is 23.0 Å². The fraction of sp³-hybridized carbons (Fsp3) is 0.556. The molecular formula is C18H21F5N2O2. The number of hydrogen-bond acceptors (Lipinski definition) is 2. The summed E-state index contributed by atoms with van der Waals surface area (Å²) in [6.45, 7) is 3.29. The Morgan fingerprint density at radius 2 is 1.81 bits per heavy atom. The van der Waals surface area contributed by atoms with Gasteiger partial charge in [0.2, 0.25) is 11.8 Å². The lowest BCUT2D eigenvalue weighted by Crippen LogP contribution is -2.46. The van der Waals surface area contributed by atoms with E-state index in [4.69, 9.17) is 0 Å². The van der Waals surface area contributed by atoms with Crippen LogP contribution in [0.4, 0.5) is 27.6 Å². The Bertz CT molecular complexity index is 711. The van der Waals surface area contributed by atoms with Crippen LogP contribution in [0.5, 0.6) is 0 Å². The van der Waals surface area contributed by atoms with Gasteiger partial charge in [-0.15, -0.1) is 0 Å². The van der Waals surface area contributed by atoms with Gasteiger partial charge in [0.15, 0.2) is 0 Å². The number of anilines is 1. The Hall–Kier alpha value is -2.19. The first-order chi connectivity index (χ1) is 12.3. The summed E-state index contributed by atoms with van der Waals surface area (Å²) in [5, 5.41) is 0. The van der Waals surface area contributed by atoms with Gasteiger partial charge in [-0.05, 0) is 17.5 Å². The van der Waals surface area contributed by atoms with Crippen molar-refractivity contribution < 1.29 is 31.5 Å². The summed E-state index contributed by atoms with van der Waals surface area (Å²) >= 11 is 0. The molecular weight excluding hydrogens is 371 g/mol. The van der Waals surface area contributed by atoms with Gasteiger partial charge in [-0.1, -0.05) is 20.8 Å². The number of alkyl halides is 3. The minimum Gasteiger partial charge on any atom is -0.333 e. The van der Waals surface area contributed by atoms with Crippen molar-refractivity contribution >= 4 is 17.5 Å². The Morgan fingerprint density at radius 3 is 2.33 bits per heavy atom. The van der Waals surface area contributed by atoms with Gasteiger partial charge in [0.25, 0.3) is 0 Å². The molecule has 1 aromatic carbocycles. The molecule has 27 heavy (non-hydrogen) atoms. The molecule has 0 saturated carbocycles. The minimum atomic E-state index is -4.58. The van der Waals surface area contributed by atoms with Crippen LogP contribution in [0.2, 0.25) is 0 Å². The SMILES string of the molecule is CC(C)(C)CN(CC(F)(F)F)C(=O)C1CC(=O)N(c2ccc(F)cc2F)C1. The largest absolute Gasteiger partial charge is 0.406 e. The van der Waals surface area contributed by atoms with Crippen LogP contribution in [-0.4, -0.2) is 42.5 Å². The molecule has 1 fully saturated rings. The van der Waals surface area contributed by atoms with E-state index in [2.05, 4.69) is 0 Å². The van der Waals surface area contributed by atoms with Crippen molar-refractivity contribution in [3.8, 4) is 0 Å². The second kappa shape index (κ2) is 7.44. The first-order valence-electron chi connectivity index (χ1n) is 8.38. The van der Waals surface area contributed by atoms with E-state index in [-0.39, 0.29) is 25.2 Å². The smallest absolute Gasteiger partial charge is 0.333 e. The Labute approximate surface area is 153 Å². The molecule has 0 aliphatic carbocycles. The highest BCUT2D eigenvalue weighted by Gasteiger charge is 2.42. The highest BCUT2D eigenvalue weighted by atomic mass is 19.4. The molecule has 150 valence electrons. The summed E-state index contributed by atoms with van der Waals surface area (Å²) in [7, 11) is 0. The van der Waals surface area contributed by atoms with Crippen LogP contribution in [0.25, 0.3) is 0 Å². The number of hydrogen-bond donors (Lipinski definition) is 0. The molecule has 0 radical (unpaired) electrons.